The van der Waals surface area contributed by atoms with Crippen LogP contribution in [0.25, 0.3) is 0 Å². The lowest BCUT2D eigenvalue weighted by Gasteiger charge is -2.27. The molecule has 1 unspecified atom stereocenters. The van der Waals surface area contributed by atoms with E-state index in [0.717, 1.165) is 18.8 Å². The Kier molecular flexibility index (Phi) is 4.23. The van der Waals surface area contributed by atoms with Crippen molar-refractivity contribution >= 4 is 11.8 Å². The number of ether oxygens (including phenoxy) is 1. The molecule has 3 heteroatoms. The first-order valence-corrected chi connectivity index (χ1v) is 7.58. The smallest absolute Gasteiger partial charge is 0.123 e. The molecular weight excluding hydrogens is 242 g/mol. The Bertz CT molecular complexity index is 405. The predicted octanol–water partition coefficient (Wildman–Crippen LogP) is 3.37. The summed E-state index contributed by atoms with van der Waals surface area (Å²) in [5.74, 6) is 2.19. The Labute approximate surface area is 114 Å². The molecule has 1 aliphatic heterocycles. The minimum atomic E-state index is 0.188. The molecule has 0 bridgehead atoms. The van der Waals surface area contributed by atoms with E-state index >= 15 is 0 Å². The summed E-state index contributed by atoms with van der Waals surface area (Å²) >= 11 is 2.02. The molecule has 0 spiro atoms. The summed E-state index contributed by atoms with van der Waals surface area (Å²) in [4.78, 5) is 0. The van der Waals surface area contributed by atoms with Gasteiger partial charge in [0.15, 0.2) is 0 Å². The maximum absolute atomic E-state index is 5.53. The first-order chi connectivity index (χ1) is 8.52. The molecule has 1 aromatic rings. The fraction of sp³-hybridized carbons (Fsp3) is 0.600. The van der Waals surface area contributed by atoms with Crippen LogP contribution in [0, 0.1) is 0 Å². The SMILES string of the molecule is COc1ccc(C(C)(C)C)cc1C1CNCCS1. The van der Waals surface area contributed by atoms with Crippen LogP contribution < -0.4 is 10.1 Å². The Morgan fingerprint density at radius 3 is 2.67 bits per heavy atom. The van der Waals surface area contributed by atoms with Gasteiger partial charge in [0.05, 0.1) is 7.11 Å². The van der Waals surface area contributed by atoms with Crippen molar-refractivity contribution in [2.45, 2.75) is 31.4 Å². The standard InChI is InChI=1S/C15H23NOS/c1-15(2,3)11-5-6-13(17-4)12(9-11)14-10-16-7-8-18-14/h5-6,9,14,16H,7-8,10H2,1-4H3. The van der Waals surface area contributed by atoms with E-state index in [2.05, 4.69) is 44.3 Å². The van der Waals surface area contributed by atoms with Crippen LogP contribution in [0.2, 0.25) is 0 Å². The van der Waals surface area contributed by atoms with Crippen LogP contribution in [-0.2, 0) is 5.41 Å². The molecule has 2 rings (SSSR count). The van der Waals surface area contributed by atoms with E-state index in [4.69, 9.17) is 4.74 Å². The first kappa shape index (κ1) is 13.8. The number of hydrogen-bond acceptors (Lipinski definition) is 3. The molecule has 100 valence electrons. The van der Waals surface area contributed by atoms with Crippen molar-refractivity contribution in [3.8, 4) is 5.75 Å². The van der Waals surface area contributed by atoms with E-state index in [1.807, 2.05) is 11.8 Å². The molecule has 1 heterocycles. The Balaban J connectivity index is 2.35. The third-order valence-corrected chi connectivity index (χ3v) is 4.63. The highest BCUT2D eigenvalue weighted by atomic mass is 32.2. The number of rotatable bonds is 2. The highest BCUT2D eigenvalue weighted by molar-refractivity contribution is 7.99. The highest BCUT2D eigenvalue weighted by Crippen LogP contribution is 2.38. The van der Waals surface area contributed by atoms with Gasteiger partial charge in [-0.1, -0.05) is 32.9 Å². The van der Waals surface area contributed by atoms with Gasteiger partial charge in [-0.3, -0.25) is 0 Å². The summed E-state index contributed by atoms with van der Waals surface area (Å²) in [6.45, 7) is 8.91. The second kappa shape index (κ2) is 5.54. The lowest BCUT2D eigenvalue weighted by atomic mass is 9.85. The summed E-state index contributed by atoms with van der Waals surface area (Å²) in [5, 5.41) is 3.98. The van der Waals surface area contributed by atoms with Crippen molar-refractivity contribution < 1.29 is 4.74 Å². The fourth-order valence-corrected chi connectivity index (χ4v) is 3.36. The van der Waals surface area contributed by atoms with Gasteiger partial charge in [0.1, 0.15) is 5.75 Å². The van der Waals surface area contributed by atoms with Gasteiger partial charge in [0.2, 0.25) is 0 Å². The van der Waals surface area contributed by atoms with Gasteiger partial charge in [0, 0.05) is 29.7 Å². The molecule has 1 aliphatic rings. The molecule has 1 fully saturated rings. The highest BCUT2D eigenvalue weighted by Gasteiger charge is 2.22. The number of thioether (sulfide) groups is 1. The normalized spacial score (nSPS) is 20.8. The van der Waals surface area contributed by atoms with E-state index in [-0.39, 0.29) is 5.41 Å². The molecule has 1 aromatic carbocycles. The van der Waals surface area contributed by atoms with Crippen LogP contribution in [-0.4, -0.2) is 26.0 Å². The summed E-state index contributed by atoms with van der Waals surface area (Å²) in [6.07, 6.45) is 0. The molecule has 0 aromatic heterocycles. The number of methoxy groups -OCH3 is 1. The van der Waals surface area contributed by atoms with Crippen LogP contribution >= 0.6 is 11.8 Å². The fourth-order valence-electron chi connectivity index (χ4n) is 2.22. The Morgan fingerprint density at radius 2 is 2.11 bits per heavy atom. The van der Waals surface area contributed by atoms with E-state index in [1.54, 1.807) is 7.11 Å². The summed E-state index contributed by atoms with van der Waals surface area (Å²) in [5.41, 5.74) is 2.90. The minimum absolute atomic E-state index is 0.188. The molecule has 0 amide bonds. The molecule has 1 saturated heterocycles. The zero-order chi connectivity index (χ0) is 13.2. The average Bonchev–Trinajstić information content (AvgIpc) is 2.38. The monoisotopic (exact) mass is 265 g/mol. The minimum Gasteiger partial charge on any atom is -0.496 e. The van der Waals surface area contributed by atoms with Gasteiger partial charge in [-0.25, -0.2) is 0 Å². The van der Waals surface area contributed by atoms with Gasteiger partial charge in [-0.2, -0.15) is 11.8 Å². The van der Waals surface area contributed by atoms with Crippen molar-refractivity contribution in [2.75, 3.05) is 26.0 Å². The molecule has 1 atom stereocenters. The van der Waals surface area contributed by atoms with Gasteiger partial charge in [0.25, 0.3) is 0 Å². The second-order valence-electron chi connectivity index (χ2n) is 5.77. The van der Waals surface area contributed by atoms with Crippen LogP contribution in [0.3, 0.4) is 0 Å². The van der Waals surface area contributed by atoms with Crippen LogP contribution in [0.5, 0.6) is 5.75 Å². The van der Waals surface area contributed by atoms with Crippen molar-refractivity contribution in [3.05, 3.63) is 29.3 Å². The molecule has 0 saturated carbocycles. The number of nitrogens with one attached hydrogen (secondary N) is 1. The zero-order valence-electron chi connectivity index (χ0n) is 11.7. The summed E-state index contributed by atoms with van der Waals surface area (Å²) in [6, 6.07) is 6.62. The molecule has 1 N–H and O–H groups in total. The first-order valence-electron chi connectivity index (χ1n) is 6.53. The quantitative estimate of drug-likeness (QED) is 0.886. The average molecular weight is 265 g/mol. The van der Waals surface area contributed by atoms with E-state index in [1.165, 1.54) is 16.9 Å². The molecule has 0 aliphatic carbocycles. The van der Waals surface area contributed by atoms with Crippen LogP contribution in [0.4, 0.5) is 0 Å². The van der Waals surface area contributed by atoms with Gasteiger partial charge in [-0.05, 0) is 17.0 Å². The maximum Gasteiger partial charge on any atom is 0.123 e. The molecule has 0 radical (unpaired) electrons. The Hall–Kier alpha value is -0.670. The number of benzene rings is 1. The second-order valence-corrected chi connectivity index (χ2v) is 7.08. The third kappa shape index (κ3) is 3.01. The van der Waals surface area contributed by atoms with Crippen LogP contribution in [0.15, 0.2) is 18.2 Å². The molecular formula is C15H23NOS. The van der Waals surface area contributed by atoms with Crippen LogP contribution in [0.1, 0.15) is 37.1 Å². The third-order valence-electron chi connectivity index (χ3n) is 3.37. The molecule has 2 nitrogen and oxygen atoms in total. The lowest BCUT2D eigenvalue weighted by Crippen LogP contribution is -2.28. The summed E-state index contributed by atoms with van der Waals surface area (Å²) in [7, 11) is 1.76. The van der Waals surface area contributed by atoms with Crippen molar-refractivity contribution in [2.24, 2.45) is 0 Å². The maximum atomic E-state index is 5.53. The van der Waals surface area contributed by atoms with E-state index in [0.29, 0.717) is 5.25 Å². The van der Waals surface area contributed by atoms with E-state index < -0.39 is 0 Å². The van der Waals surface area contributed by atoms with Crippen molar-refractivity contribution in [1.82, 2.24) is 5.32 Å². The predicted molar refractivity (Wildman–Crippen MR) is 79.8 cm³/mol. The van der Waals surface area contributed by atoms with Gasteiger partial charge >= 0.3 is 0 Å². The zero-order valence-corrected chi connectivity index (χ0v) is 12.6. The van der Waals surface area contributed by atoms with E-state index in [9.17, 15) is 0 Å². The topological polar surface area (TPSA) is 21.3 Å². The largest absolute Gasteiger partial charge is 0.496 e. The van der Waals surface area contributed by atoms with Crippen molar-refractivity contribution in [3.63, 3.8) is 0 Å². The van der Waals surface area contributed by atoms with Gasteiger partial charge < -0.3 is 10.1 Å². The lowest BCUT2D eigenvalue weighted by molar-refractivity contribution is 0.408. The van der Waals surface area contributed by atoms with Crippen molar-refractivity contribution in [1.29, 1.82) is 0 Å². The molecule has 18 heavy (non-hydrogen) atoms. The Morgan fingerprint density at radius 1 is 1.33 bits per heavy atom. The summed E-state index contributed by atoms with van der Waals surface area (Å²) < 4.78 is 5.53. The number of hydrogen-bond donors (Lipinski definition) is 1. The van der Waals surface area contributed by atoms with Gasteiger partial charge in [-0.15, -0.1) is 0 Å².